The fraction of sp³-hybridized carbons (Fsp3) is 0.130. The summed E-state index contributed by atoms with van der Waals surface area (Å²) in [6, 6.07) is 17.3. The fourth-order valence-electron chi connectivity index (χ4n) is 3.15. The molecule has 0 radical (unpaired) electrons. The zero-order valence-electron chi connectivity index (χ0n) is 16.3. The fourth-order valence-corrected chi connectivity index (χ4v) is 3.47. The van der Waals surface area contributed by atoms with E-state index in [-0.39, 0.29) is 25.0 Å². The standard InChI is InChI=1S/C23H18Cl2N2O4/c24-17-7-5-14(9-18(17)25)11-22(28)27-19-4-2-1-3-16(19)23(29)26-12-15-6-8-20-21(10-15)31-13-30-20/h1-10H,11-13H2,(H,26,29)(H,27,28). The van der Waals surface area contributed by atoms with Gasteiger partial charge in [0, 0.05) is 6.54 Å². The summed E-state index contributed by atoms with van der Waals surface area (Å²) in [6.45, 7) is 0.501. The molecule has 1 aliphatic heterocycles. The highest BCUT2D eigenvalue weighted by Gasteiger charge is 2.16. The molecule has 2 amide bonds. The number of para-hydroxylation sites is 1. The Morgan fingerprint density at radius 1 is 0.871 bits per heavy atom. The van der Waals surface area contributed by atoms with Crippen molar-refractivity contribution in [2.24, 2.45) is 0 Å². The molecule has 31 heavy (non-hydrogen) atoms. The zero-order valence-corrected chi connectivity index (χ0v) is 17.8. The second-order valence-electron chi connectivity index (χ2n) is 6.89. The minimum absolute atomic E-state index is 0.101. The van der Waals surface area contributed by atoms with Crippen LogP contribution in [0.5, 0.6) is 11.5 Å². The van der Waals surface area contributed by atoms with E-state index in [0.717, 1.165) is 11.1 Å². The van der Waals surface area contributed by atoms with Gasteiger partial charge in [-0.05, 0) is 47.5 Å². The maximum atomic E-state index is 12.7. The Labute approximate surface area is 189 Å². The SMILES string of the molecule is O=C(Cc1ccc(Cl)c(Cl)c1)Nc1ccccc1C(=O)NCc1ccc2c(c1)OCO2. The molecule has 4 rings (SSSR count). The molecular formula is C23H18Cl2N2O4. The third kappa shape index (κ3) is 5.10. The number of nitrogens with one attached hydrogen (secondary N) is 2. The van der Waals surface area contributed by atoms with E-state index in [2.05, 4.69) is 10.6 Å². The Hall–Kier alpha value is -3.22. The van der Waals surface area contributed by atoms with Gasteiger partial charge in [0.25, 0.3) is 5.91 Å². The normalized spacial score (nSPS) is 11.8. The minimum Gasteiger partial charge on any atom is -0.454 e. The second kappa shape index (κ2) is 9.29. The van der Waals surface area contributed by atoms with Gasteiger partial charge in [-0.15, -0.1) is 0 Å². The maximum Gasteiger partial charge on any atom is 0.253 e. The Kier molecular flexibility index (Phi) is 6.30. The van der Waals surface area contributed by atoms with Gasteiger partial charge in [0.1, 0.15) is 0 Å². The van der Waals surface area contributed by atoms with Crippen LogP contribution in [0.15, 0.2) is 60.7 Å². The van der Waals surface area contributed by atoms with Gasteiger partial charge in [-0.2, -0.15) is 0 Å². The van der Waals surface area contributed by atoms with Gasteiger partial charge >= 0.3 is 0 Å². The number of anilines is 1. The first kappa shape index (κ1) is 21.0. The number of halogens is 2. The summed E-state index contributed by atoms with van der Waals surface area (Å²) in [7, 11) is 0. The molecule has 0 atom stereocenters. The second-order valence-corrected chi connectivity index (χ2v) is 7.70. The van der Waals surface area contributed by atoms with Gasteiger partial charge < -0.3 is 20.1 Å². The van der Waals surface area contributed by atoms with E-state index < -0.39 is 0 Å². The average Bonchev–Trinajstić information content (AvgIpc) is 3.23. The molecule has 0 aromatic heterocycles. The van der Waals surface area contributed by atoms with E-state index >= 15 is 0 Å². The van der Waals surface area contributed by atoms with E-state index in [1.54, 1.807) is 48.5 Å². The lowest BCUT2D eigenvalue weighted by Gasteiger charge is -2.12. The number of amides is 2. The summed E-state index contributed by atoms with van der Waals surface area (Å²) in [6.07, 6.45) is 0.101. The predicted molar refractivity (Wildman–Crippen MR) is 119 cm³/mol. The Morgan fingerprint density at radius 3 is 2.48 bits per heavy atom. The summed E-state index contributed by atoms with van der Waals surface area (Å²) in [5.74, 6) is 0.768. The van der Waals surface area contributed by atoms with Crippen molar-refractivity contribution < 1.29 is 19.1 Å². The Bertz CT molecular complexity index is 1150. The van der Waals surface area contributed by atoms with Gasteiger partial charge in [0.15, 0.2) is 11.5 Å². The topological polar surface area (TPSA) is 76.7 Å². The summed E-state index contributed by atoms with van der Waals surface area (Å²) in [4.78, 5) is 25.2. The summed E-state index contributed by atoms with van der Waals surface area (Å²) in [5.41, 5.74) is 2.39. The third-order valence-electron chi connectivity index (χ3n) is 4.68. The van der Waals surface area contributed by atoms with E-state index in [4.69, 9.17) is 32.7 Å². The number of ether oxygens (including phenoxy) is 2. The van der Waals surface area contributed by atoms with E-state index in [1.165, 1.54) is 0 Å². The molecule has 6 nitrogen and oxygen atoms in total. The van der Waals surface area contributed by atoms with Crippen LogP contribution in [0, 0.1) is 0 Å². The highest BCUT2D eigenvalue weighted by molar-refractivity contribution is 6.42. The lowest BCUT2D eigenvalue weighted by molar-refractivity contribution is -0.115. The van der Waals surface area contributed by atoms with Crippen molar-refractivity contribution >= 4 is 40.7 Å². The monoisotopic (exact) mass is 456 g/mol. The Morgan fingerprint density at radius 2 is 1.65 bits per heavy atom. The van der Waals surface area contributed by atoms with Crippen LogP contribution in [0.25, 0.3) is 0 Å². The van der Waals surface area contributed by atoms with Crippen LogP contribution in [0.3, 0.4) is 0 Å². The van der Waals surface area contributed by atoms with Crippen molar-refractivity contribution in [1.82, 2.24) is 5.32 Å². The maximum absolute atomic E-state index is 12.7. The number of benzene rings is 3. The van der Waals surface area contributed by atoms with E-state index in [0.29, 0.717) is 39.3 Å². The molecule has 8 heteroatoms. The predicted octanol–water partition coefficient (Wildman–Crippen LogP) is 4.83. The first-order valence-electron chi connectivity index (χ1n) is 9.49. The molecular weight excluding hydrogens is 439 g/mol. The molecule has 0 spiro atoms. The average molecular weight is 457 g/mol. The van der Waals surface area contributed by atoms with Crippen LogP contribution in [0.2, 0.25) is 10.0 Å². The first-order chi connectivity index (χ1) is 15.0. The highest BCUT2D eigenvalue weighted by Crippen LogP contribution is 2.32. The lowest BCUT2D eigenvalue weighted by atomic mass is 10.1. The molecule has 3 aromatic carbocycles. The van der Waals surface area contributed by atoms with Crippen LogP contribution in [-0.2, 0) is 17.8 Å². The molecule has 1 heterocycles. The molecule has 0 saturated carbocycles. The molecule has 0 bridgehead atoms. The van der Waals surface area contributed by atoms with Crippen molar-refractivity contribution in [1.29, 1.82) is 0 Å². The highest BCUT2D eigenvalue weighted by atomic mass is 35.5. The molecule has 3 aromatic rings. The third-order valence-corrected chi connectivity index (χ3v) is 5.42. The quantitative estimate of drug-likeness (QED) is 0.556. The number of rotatable bonds is 6. The van der Waals surface area contributed by atoms with Crippen molar-refractivity contribution in [2.45, 2.75) is 13.0 Å². The summed E-state index contributed by atoms with van der Waals surface area (Å²) in [5, 5.41) is 6.47. The number of carbonyl (C=O) groups is 2. The molecule has 0 fully saturated rings. The van der Waals surface area contributed by atoms with Gasteiger partial charge in [0.2, 0.25) is 12.7 Å². The smallest absolute Gasteiger partial charge is 0.253 e. The van der Waals surface area contributed by atoms with Crippen LogP contribution in [-0.4, -0.2) is 18.6 Å². The molecule has 0 aliphatic carbocycles. The van der Waals surface area contributed by atoms with Gasteiger partial charge in [-0.1, -0.05) is 47.5 Å². The van der Waals surface area contributed by atoms with Crippen LogP contribution < -0.4 is 20.1 Å². The number of hydrogen-bond acceptors (Lipinski definition) is 4. The van der Waals surface area contributed by atoms with Crippen molar-refractivity contribution in [2.75, 3.05) is 12.1 Å². The number of carbonyl (C=O) groups excluding carboxylic acids is 2. The van der Waals surface area contributed by atoms with Gasteiger partial charge in [-0.25, -0.2) is 0 Å². The number of hydrogen-bond donors (Lipinski definition) is 2. The first-order valence-corrected chi connectivity index (χ1v) is 10.2. The molecule has 1 aliphatic rings. The van der Waals surface area contributed by atoms with E-state index in [1.807, 2.05) is 12.1 Å². The van der Waals surface area contributed by atoms with Crippen LogP contribution >= 0.6 is 23.2 Å². The largest absolute Gasteiger partial charge is 0.454 e. The van der Waals surface area contributed by atoms with Gasteiger partial charge in [-0.3, -0.25) is 9.59 Å². The van der Waals surface area contributed by atoms with E-state index in [9.17, 15) is 9.59 Å². The molecule has 2 N–H and O–H groups in total. The molecule has 0 saturated heterocycles. The number of fused-ring (bicyclic) bond motifs is 1. The zero-order chi connectivity index (χ0) is 21.8. The Balaban J connectivity index is 1.40. The van der Waals surface area contributed by atoms with Gasteiger partial charge in [0.05, 0.1) is 27.7 Å². The van der Waals surface area contributed by atoms with Crippen molar-refractivity contribution in [3.63, 3.8) is 0 Å². The molecule has 158 valence electrons. The summed E-state index contributed by atoms with van der Waals surface area (Å²) < 4.78 is 10.7. The lowest BCUT2D eigenvalue weighted by Crippen LogP contribution is -2.25. The van der Waals surface area contributed by atoms with Crippen LogP contribution in [0.4, 0.5) is 5.69 Å². The van der Waals surface area contributed by atoms with Crippen molar-refractivity contribution in [3.05, 3.63) is 87.4 Å². The minimum atomic E-state index is -0.303. The molecule has 0 unspecified atom stereocenters. The van der Waals surface area contributed by atoms with Crippen molar-refractivity contribution in [3.8, 4) is 11.5 Å². The summed E-state index contributed by atoms with van der Waals surface area (Å²) >= 11 is 11.9. The van der Waals surface area contributed by atoms with Crippen LogP contribution in [0.1, 0.15) is 21.5 Å².